The SMILES string of the molecule is COc1ccc(/C=C(\NC(=O)c2ccccc2)C(=O)Nc2ccc(SC(C)C(=O)Nc3nc4ccc(OC)cc4s3)cc2)cc1. The third-order valence-corrected chi connectivity index (χ3v) is 8.62. The van der Waals surface area contributed by atoms with Crippen LogP contribution in [0.3, 0.4) is 0 Å². The lowest BCUT2D eigenvalue weighted by molar-refractivity contribution is -0.115. The molecule has 0 spiro atoms. The summed E-state index contributed by atoms with van der Waals surface area (Å²) in [5.41, 5.74) is 2.52. The number of hydrogen-bond donors (Lipinski definition) is 3. The Bertz CT molecular complexity index is 1840. The molecule has 0 aliphatic heterocycles. The average molecular weight is 639 g/mol. The highest BCUT2D eigenvalue weighted by molar-refractivity contribution is 8.00. The predicted octanol–water partition coefficient (Wildman–Crippen LogP) is 6.84. The number of nitrogens with zero attached hydrogens (tertiary/aromatic N) is 1. The number of benzene rings is 4. The molecular formula is C34H30N4O5S2. The minimum atomic E-state index is -0.489. The first kappa shape index (κ1) is 31.3. The van der Waals surface area contributed by atoms with E-state index in [-0.39, 0.29) is 11.6 Å². The second-order valence-electron chi connectivity index (χ2n) is 9.73. The first-order valence-corrected chi connectivity index (χ1v) is 15.6. The molecule has 5 aromatic rings. The van der Waals surface area contributed by atoms with Crippen LogP contribution in [-0.2, 0) is 9.59 Å². The van der Waals surface area contributed by atoms with E-state index in [0.29, 0.717) is 27.7 Å². The van der Waals surface area contributed by atoms with Crippen LogP contribution >= 0.6 is 23.1 Å². The molecule has 0 saturated heterocycles. The van der Waals surface area contributed by atoms with Gasteiger partial charge in [-0.25, -0.2) is 4.98 Å². The van der Waals surface area contributed by atoms with Crippen LogP contribution in [-0.4, -0.2) is 42.2 Å². The van der Waals surface area contributed by atoms with E-state index in [1.54, 1.807) is 81.0 Å². The Hall–Kier alpha value is -5.13. The highest BCUT2D eigenvalue weighted by Crippen LogP contribution is 2.31. The summed E-state index contributed by atoms with van der Waals surface area (Å²) in [6.45, 7) is 1.82. The maximum atomic E-state index is 13.3. The van der Waals surface area contributed by atoms with E-state index >= 15 is 0 Å². The van der Waals surface area contributed by atoms with Gasteiger partial charge < -0.3 is 25.4 Å². The normalized spacial score (nSPS) is 11.8. The number of carbonyl (C=O) groups excluding carboxylic acids is 3. The van der Waals surface area contributed by atoms with Crippen molar-refractivity contribution in [2.45, 2.75) is 17.1 Å². The van der Waals surface area contributed by atoms with Crippen LogP contribution in [0.1, 0.15) is 22.8 Å². The molecule has 0 aliphatic rings. The number of hydrogen-bond acceptors (Lipinski definition) is 8. The number of amides is 3. The smallest absolute Gasteiger partial charge is 0.272 e. The van der Waals surface area contributed by atoms with Crippen LogP contribution in [0.2, 0.25) is 0 Å². The summed E-state index contributed by atoms with van der Waals surface area (Å²) in [7, 11) is 3.18. The van der Waals surface area contributed by atoms with Crippen molar-refractivity contribution >= 4 is 67.9 Å². The predicted molar refractivity (Wildman–Crippen MR) is 180 cm³/mol. The van der Waals surface area contributed by atoms with Gasteiger partial charge in [0.15, 0.2) is 5.13 Å². The van der Waals surface area contributed by atoms with E-state index in [4.69, 9.17) is 9.47 Å². The third kappa shape index (κ3) is 8.28. The van der Waals surface area contributed by atoms with Gasteiger partial charge in [0.05, 0.1) is 29.7 Å². The molecule has 0 saturated carbocycles. The lowest BCUT2D eigenvalue weighted by Gasteiger charge is -2.13. The number of anilines is 2. The maximum Gasteiger partial charge on any atom is 0.272 e. The van der Waals surface area contributed by atoms with Gasteiger partial charge in [-0.05, 0) is 85.3 Å². The van der Waals surface area contributed by atoms with E-state index in [9.17, 15) is 14.4 Å². The van der Waals surface area contributed by atoms with Gasteiger partial charge in [-0.1, -0.05) is 41.7 Å². The zero-order valence-corrected chi connectivity index (χ0v) is 26.3. The monoisotopic (exact) mass is 638 g/mol. The van der Waals surface area contributed by atoms with Gasteiger partial charge in [-0.2, -0.15) is 0 Å². The molecule has 1 atom stereocenters. The second-order valence-corrected chi connectivity index (χ2v) is 12.2. The van der Waals surface area contributed by atoms with E-state index < -0.39 is 17.1 Å². The van der Waals surface area contributed by atoms with Crippen molar-refractivity contribution in [1.29, 1.82) is 0 Å². The van der Waals surface area contributed by atoms with Crippen LogP contribution < -0.4 is 25.4 Å². The number of thiazole rings is 1. The number of methoxy groups -OCH3 is 2. The standard InChI is InChI=1S/C34H30N4O5S2/c1-21(31(39)38-34-37-28-18-15-26(43-3)20-30(28)45-34)44-27-16-11-24(12-17-27)35-33(41)29(19-22-9-13-25(42-2)14-10-22)36-32(40)23-7-5-4-6-8-23/h4-21H,1-3H3,(H,35,41)(H,36,40)(H,37,38,39)/b29-19-. The minimum Gasteiger partial charge on any atom is -0.497 e. The molecule has 228 valence electrons. The molecule has 1 unspecified atom stereocenters. The molecule has 1 heterocycles. The molecule has 45 heavy (non-hydrogen) atoms. The first-order valence-electron chi connectivity index (χ1n) is 13.9. The molecule has 3 N–H and O–H groups in total. The van der Waals surface area contributed by atoms with Crippen LogP contribution in [0.5, 0.6) is 11.5 Å². The summed E-state index contributed by atoms with van der Waals surface area (Å²) in [6, 6.07) is 28.5. The highest BCUT2D eigenvalue weighted by atomic mass is 32.2. The largest absolute Gasteiger partial charge is 0.497 e. The molecule has 11 heteroatoms. The van der Waals surface area contributed by atoms with Gasteiger partial charge in [-0.15, -0.1) is 11.8 Å². The molecule has 9 nitrogen and oxygen atoms in total. The lowest BCUT2D eigenvalue weighted by atomic mass is 10.1. The van der Waals surface area contributed by atoms with E-state index in [2.05, 4.69) is 20.9 Å². The number of fused-ring (bicyclic) bond motifs is 1. The minimum absolute atomic E-state index is 0.0751. The van der Waals surface area contributed by atoms with E-state index in [1.807, 2.05) is 43.3 Å². The summed E-state index contributed by atoms with van der Waals surface area (Å²) in [5.74, 6) is 0.334. The molecule has 1 aromatic heterocycles. The van der Waals surface area contributed by atoms with Gasteiger partial charge in [0, 0.05) is 16.1 Å². The number of thioether (sulfide) groups is 1. The molecule has 0 fully saturated rings. The van der Waals surface area contributed by atoms with Crippen LogP contribution in [0.15, 0.2) is 108 Å². The Labute approximate surface area is 268 Å². The van der Waals surface area contributed by atoms with Crippen LogP contribution in [0, 0.1) is 0 Å². The fourth-order valence-electron chi connectivity index (χ4n) is 4.17. The fraction of sp³-hybridized carbons (Fsp3) is 0.118. The van der Waals surface area contributed by atoms with Gasteiger partial charge in [0.2, 0.25) is 5.91 Å². The number of rotatable bonds is 11. The zero-order valence-electron chi connectivity index (χ0n) is 24.7. The van der Waals surface area contributed by atoms with Gasteiger partial charge in [0.1, 0.15) is 17.2 Å². The van der Waals surface area contributed by atoms with Crippen molar-refractivity contribution in [3.8, 4) is 11.5 Å². The molecule has 4 aromatic carbocycles. The summed E-state index contributed by atoms with van der Waals surface area (Å²) in [5, 5.41) is 8.59. The number of carbonyl (C=O) groups is 3. The first-order chi connectivity index (χ1) is 21.8. The molecule has 3 amide bonds. The number of ether oxygens (including phenoxy) is 2. The molecule has 5 rings (SSSR count). The number of aromatic nitrogens is 1. The summed E-state index contributed by atoms with van der Waals surface area (Å²) >= 11 is 2.77. The summed E-state index contributed by atoms with van der Waals surface area (Å²) < 4.78 is 11.4. The molecule has 0 aliphatic carbocycles. The zero-order chi connectivity index (χ0) is 31.8. The Morgan fingerprint density at radius 2 is 1.53 bits per heavy atom. The van der Waals surface area contributed by atoms with Crippen molar-refractivity contribution in [2.75, 3.05) is 24.9 Å². The third-order valence-electron chi connectivity index (χ3n) is 6.58. The lowest BCUT2D eigenvalue weighted by Crippen LogP contribution is -2.30. The summed E-state index contributed by atoms with van der Waals surface area (Å²) in [6.07, 6.45) is 1.60. The van der Waals surface area contributed by atoms with Crippen molar-refractivity contribution < 1.29 is 23.9 Å². The quantitative estimate of drug-likeness (QED) is 0.107. The summed E-state index contributed by atoms with van der Waals surface area (Å²) in [4.78, 5) is 44.5. The Morgan fingerprint density at radius 3 is 2.22 bits per heavy atom. The van der Waals surface area contributed by atoms with E-state index in [1.165, 1.54) is 23.1 Å². The van der Waals surface area contributed by atoms with E-state index in [0.717, 1.165) is 20.9 Å². The fourth-order valence-corrected chi connectivity index (χ4v) is 5.94. The van der Waals surface area contributed by atoms with Crippen molar-refractivity contribution in [1.82, 2.24) is 10.3 Å². The van der Waals surface area contributed by atoms with Crippen LogP contribution in [0.4, 0.5) is 10.8 Å². The topological polar surface area (TPSA) is 119 Å². The van der Waals surface area contributed by atoms with Crippen LogP contribution in [0.25, 0.3) is 16.3 Å². The Balaban J connectivity index is 1.23. The number of nitrogens with one attached hydrogen (secondary N) is 3. The Kier molecular flexibility index (Phi) is 10.1. The molecule has 0 radical (unpaired) electrons. The van der Waals surface area contributed by atoms with Gasteiger partial charge in [0.25, 0.3) is 11.8 Å². The Morgan fingerprint density at radius 1 is 0.844 bits per heavy atom. The van der Waals surface area contributed by atoms with Crippen molar-refractivity contribution in [2.24, 2.45) is 0 Å². The van der Waals surface area contributed by atoms with Gasteiger partial charge >= 0.3 is 0 Å². The molecule has 0 bridgehead atoms. The second kappa shape index (κ2) is 14.6. The van der Waals surface area contributed by atoms with Crippen molar-refractivity contribution in [3.05, 3.63) is 114 Å². The average Bonchev–Trinajstić information content (AvgIpc) is 3.47. The van der Waals surface area contributed by atoms with Crippen molar-refractivity contribution in [3.63, 3.8) is 0 Å². The molecular weight excluding hydrogens is 609 g/mol. The highest BCUT2D eigenvalue weighted by Gasteiger charge is 2.18. The van der Waals surface area contributed by atoms with Gasteiger partial charge in [-0.3, -0.25) is 14.4 Å². The maximum absolute atomic E-state index is 13.3.